The fourth-order valence-electron chi connectivity index (χ4n) is 2.23. The maximum atomic E-state index is 12.6. The molecule has 0 spiro atoms. The summed E-state index contributed by atoms with van der Waals surface area (Å²) in [4.78, 5) is 26.7. The molecular formula is C16H12ClNO3S. The lowest BCUT2D eigenvalue weighted by Gasteiger charge is -2.15. The molecule has 112 valence electrons. The Bertz CT molecular complexity index is 750. The van der Waals surface area contributed by atoms with Gasteiger partial charge in [-0.15, -0.1) is 11.3 Å². The van der Waals surface area contributed by atoms with Crippen LogP contribution in [0.5, 0.6) is 5.75 Å². The SMILES string of the molecule is CCOc1ccc(N2C(=O)C(Cl)=C(c3cccs3)C2=O)cc1. The van der Waals surface area contributed by atoms with Crippen LogP contribution in [0.2, 0.25) is 0 Å². The van der Waals surface area contributed by atoms with E-state index in [1.807, 2.05) is 18.4 Å². The summed E-state index contributed by atoms with van der Waals surface area (Å²) in [5.41, 5.74) is 0.735. The zero-order valence-corrected chi connectivity index (χ0v) is 13.3. The van der Waals surface area contributed by atoms with Crippen LogP contribution in [0.25, 0.3) is 5.57 Å². The molecular weight excluding hydrogens is 322 g/mol. The number of hydrogen-bond acceptors (Lipinski definition) is 4. The van der Waals surface area contributed by atoms with E-state index in [1.54, 1.807) is 30.3 Å². The first-order chi connectivity index (χ1) is 10.6. The Labute approximate surface area is 136 Å². The van der Waals surface area contributed by atoms with Gasteiger partial charge in [0.15, 0.2) is 0 Å². The maximum Gasteiger partial charge on any atom is 0.277 e. The van der Waals surface area contributed by atoms with Crippen LogP contribution < -0.4 is 9.64 Å². The van der Waals surface area contributed by atoms with Crippen molar-refractivity contribution in [3.8, 4) is 5.75 Å². The average molecular weight is 334 g/mol. The first-order valence-electron chi connectivity index (χ1n) is 6.68. The first-order valence-corrected chi connectivity index (χ1v) is 7.94. The van der Waals surface area contributed by atoms with E-state index in [9.17, 15) is 9.59 Å². The molecule has 0 radical (unpaired) electrons. The fourth-order valence-corrected chi connectivity index (χ4v) is 3.32. The molecule has 4 nitrogen and oxygen atoms in total. The molecule has 0 saturated heterocycles. The molecule has 0 fully saturated rings. The highest BCUT2D eigenvalue weighted by atomic mass is 35.5. The van der Waals surface area contributed by atoms with Gasteiger partial charge in [0.2, 0.25) is 0 Å². The Morgan fingerprint density at radius 2 is 1.86 bits per heavy atom. The normalized spacial score (nSPS) is 14.9. The van der Waals surface area contributed by atoms with E-state index in [0.717, 1.165) is 4.90 Å². The number of anilines is 1. The summed E-state index contributed by atoms with van der Waals surface area (Å²) in [6, 6.07) is 10.4. The molecule has 0 N–H and O–H groups in total. The van der Waals surface area contributed by atoms with Crippen molar-refractivity contribution in [2.75, 3.05) is 11.5 Å². The van der Waals surface area contributed by atoms with Gasteiger partial charge in [0.05, 0.1) is 17.9 Å². The van der Waals surface area contributed by atoms with Crippen LogP contribution in [-0.4, -0.2) is 18.4 Å². The Kier molecular flexibility index (Phi) is 4.00. The van der Waals surface area contributed by atoms with Gasteiger partial charge in [-0.25, -0.2) is 4.90 Å². The molecule has 1 aliphatic rings. The van der Waals surface area contributed by atoms with Gasteiger partial charge in [0.1, 0.15) is 10.8 Å². The number of halogens is 1. The van der Waals surface area contributed by atoms with Crippen molar-refractivity contribution in [2.24, 2.45) is 0 Å². The number of hydrogen-bond donors (Lipinski definition) is 0. The smallest absolute Gasteiger partial charge is 0.277 e. The Morgan fingerprint density at radius 3 is 2.45 bits per heavy atom. The van der Waals surface area contributed by atoms with Crippen molar-refractivity contribution < 1.29 is 14.3 Å². The third-order valence-electron chi connectivity index (χ3n) is 3.20. The minimum Gasteiger partial charge on any atom is -0.494 e. The predicted molar refractivity (Wildman–Crippen MR) is 87.2 cm³/mol. The molecule has 0 unspecified atom stereocenters. The zero-order valence-electron chi connectivity index (χ0n) is 11.7. The lowest BCUT2D eigenvalue weighted by Crippen LogP contribution is -2.30. The van der Waals surface area contributed by atoms with Crippen molar-refractivity contribution in [1.29, 1.82) is 0 Å². The molecule has 2 aromatic rings. The van der Waals surface area contributed by atoms with Crippen LogP contribution in [0.3, 0.4) is 0 Å². The van der Waals surface area contributed by atoms with Crippen molar-refractivity contribution in [2.45, 2.75) is 6.92 Å². The first kappa shape index (κ1) is 14.8. The van der Waals surface area contributed by atoms with Gasteiger partial charge in [-0.1, -0.05) is 17.7 Å². The average Bonchev–Trinajstić information content (AvgIpc) is 3.09. The monoisotopic (exact) mass is 333 g/mol. The highest BCUT2D eigenvalue weighted by molar-refractivity contribution is 7.11. The van der Waals surface area contributed by atoms with Crippen LogP contribution >= 0.6 is 22.9 Å². The van der Waals surface area contributed by atoms with E-state index < -0.39 is 11.8 Å². The summed E-state index contributed by atoms with van der Waals surface area (Å²) in [5.74, 6) is -0.219. The highest BCUT2D eigenvalue weighted by Gasteiger charge is 2.39. The third kappa shape index (κ3) is 2.42. The molecule has 2 amide bonds. The summed E-state index contributed by atoms with van der Waals surface area (Å²) in [6.45, 7) is 2.44. The Balaban J connectivity index is 1.94. The van der Waals surface area contributed by atoms with Gasteiger partial charge in [-0.3, -0.25) is 9.59 Å². The molecule has 0 atom stereocenters. The predicted octanol–water partition coefficient (Wildman–Crippen LogP) is 3.67. The molecule has 0 bridgehead atoms. The summed E-state index contributed by atoms with van der Waals surface area (Å²) < 4.78 is 5.36. The lowest BCUT2D eigenvalue weighted by molar-refractivity contribution is -0.119. The van der Waals surface area contributed by atoms with Gasteiger partial charge < -0.3 is 4.74 Å². The minimum absolute atomic E-state index is 0.0404. The fraction of sp³-hybridized carbons (Fsp3) is 0.125. The van der Waals surface area contributed by atoms with Gasteiger partial charge >= 0.3 is 0 Å². The van der Waals surface area contributed by atoms with Gasteiger partial charge in [-0.2, -0.15) is 0 Å². The highest BCUT2D eigenvalue weighted by Crippen LogP contribution is 2.36. The van der Waals surface area contributed by atoms with Crippen LogP contribution in [0, 0.1) is 0 Å². The maximum absolute atomic E-state index is 12.6. The summed E-state index contributed by atoms with van der Waals surface area (Å²) in [5, 5.41) is 1.80. The number of ether oxygens (including phenoxy) is 1. The van der Waals surface area contributed by atoms with Gasteiger partial charge in [0, 0.05) is 4.88 Å². The quantitative estimate of drug-likeness (QED) is 0.802. The van der Waals surface area contributed by atoms with E-state index in [2.05, 4.69) is 0 Å². The van der Waals surface area contributed by atoms with E-state index >= 15 is 0 Å². The summed E-state index contributed by atoms with van der Waals surface area (Å²) in [7, 11) is 0. The number of rotatable bonds is 4. The molecule has 1 aliphatic heterocycles. The minimum atomic E-state index is -0.501. The molecule has 1 aromatic carbocycles. The van der Waals surface area contributed by atoms with Crippen LogP contribution in [0.4, 0.5) is 5.69 Å². The van der Waals surface area contributed by atoms with Gasteiger partial charge in [-0.05, 0) is 42.6 Å². The molecule has 1 aromatic heterocycles. The van der Waals surface area contributed by atoms with Crippen molar-refractivity contribution in [1.82, 2.24) is 0 Å². The zero-order chi connectivity index (χ0) is 15.7. The lowest BCUT2D eigenvalue weighted by atomic mass is 10.2. The third-order valence-corrected chi connectivity index (χ3v) is 4.44. The second kappa shape index (κ2) is 5.94. The van der Waals surface area contributed by atoms with Gasteiger partial charge in [0.25, 0.3) is 11.8 Å². The van der Waals surface area contributed by atoms with E-state index in [0.29, 0.717) is 22.9 Å². The Morgan fingerprint density at radius 1 is 1.14 bits per heavy atom. The van der Waals surface area contributed by atoms with E-state index in [1.165, 1.54) is 11.3 Å². The number of carbonyl (C=O) groups excluding carboxylic acids is 2. The molecule has 2 heterocycles. The summed E-state index contributed by atoms with van der Waals surface area (Å²) in [6.07, 6.45) is 0. The topological polar surface area (TPSA) is 46.6 Å². The number of thiophene rings is 1. The number of carbonyl (C=O) groups is 2. The van der Waals surface area contributed by atoms with Crippen LogP contribution in [0.15, 0.2) is 46.8 Å². The largest absolute Gasteiger partial charge is 0.494 e. The van der Waals surface area contributed by atoms with Crippen molar-refractivity contribution >= 4 is 46.0 Å². The van der Waals surface area contributed by atoms with Crippen molar-refractivity contribution in [3.05, 3.63) is 51.7 Å². The van der Waals surface area contributed by atoms with E-state index in [4.69, 9.17) is 16.3 Å². The molecule has 22 heavy (non-hydrogen) atoms. The molecule has 6 heteroatoms. The molecule has 0 saturated carbocycles. The Hall–Kier alpha value is -2.11. The number of amides is 2. The second-order valence-corrected chi connectivity index (χ2v) is 5.86. The number of nitrogens with zero attached hydrogens (tertiary/aromatic N) is 1. The molecule has 0 aliphatic carbocycles. The van der Waals surface area contributed by atoms with Crippen LogP contribution in [-0.2, 0) is 9.59 Å². The number of imide groups is 1. The molecule has 3 rings (SSSR count). The van der Waals surface area contributed by atoms with Crippen LogP contribution in [0.1, 0.15) is 11.8 Å². The summed E-state index contributed by atoms with van der Waals surface area (Å²) >= 11 is 7.46. The van der Waals surface area contributed by atoms with E-state index in [-0.39, 0.29) is 10.6 Å². The standard InChI is InChI=1S/C16H12ClNO3S/c1-2-21-11-7-5-10(6-8-11)18-15(19)13(14(17)16(18)20)12-4-3-9-22-12/h3-9H,2H2,1H3. The second-order valence-electron chi connectivity index (χ2n) is 4.54. The van der Waals surface area contributed by atoms with Crippen molar-refractivity contribution in [3.63, 3.8) is 0 Å². The number of benzene rings is 1.